The van der Waals surface area contributed by atoms with Crippen molar-refractivity contribution in [2.75, 3.05) is 33.3 Å². The summed E-state index contributed by atoms with van der Waals surface area (Å²) in [6.45, 7) is 4.52. The lowest BCUT2D eigenvalue weighted by molar-refractivity contribution is 0.0934. The molecule has 1 aromatic carbocycles. The molecule has 20 heavy (non-hydrogen) atoms. The second-order valence-corrected chi connectivity index (χ2v) is 4.79. The molecule has 0 saturated carbocycles. The van der Waals surface area contributed by atoms with E-state index in [1.54, 1.807) is 11.9 Å². The topological polar surface area (TPSA) is 24.5 Å². The highest BCUT2D eigenvalue weighted by molar-refractivity contribution is 5.33. The number of hydrogen-bond acceptors (Lipinski definition) is 3. The molecule has 1 rings (SSSR count). The second kappa shape index (κ2) is 9.66. The SMILES string of the molecule is CCCNCc1ccccc1OCCN(C)CC(F)F. The Morgan fingerprint density at radius 1 is 1.30 bits per heavy atom. The lowest BCUT2D eigenvalue weighted by Gasteiger charge is -2.17. The maximum atomic E-state index is 12.2. The van der Waals surface area contributed by atoms with Crippen LogP contribution in [0, 0.1) is 0 Å². The molecule has 0 aliphatic heterocycles. The number of nitrogens with zero attached hydrogens (tertiary/aromatic N) is 1. The van der Waals surface area contributed by atoms with Gasteiger partial charge in [-0.05, 0) is 26.1 Å². The fourth-order valence-electron chi connectivity index (χ4n) is 1.83. The summed E-state index contributed by atoms with van der Waals surface area (Å²) in [4.78, 5) is 1.57. The summed E-state index contributed by atoms with van der Waals surface area (Å²) in [6, 6.07) is 7.82. The maximum absolute atomic E-state index is 12.2. The molecule has 3 nitrogen and oxygen atoms in total. The fraction of sp³-hybridized carbons (Fsp3) is 0.600. The first kappa shape index (κ1) is 16.9. The first-order chi connectivity index (χ1) is 9.63. The Kier molecular flexibility index (Phi) is 8.14. The Balaban J connectivity index is 2.38. The first-order valence-electron chi connectivity index (χ1n) is 7.01. The third-order valence-electron chi connectivity index (χ3n) is 2.90. The average Bonchev–Trinajstić information content (AvgIpc) is 2.40. The van der Waals surface area contributed by atoms with E-state index >= 15 is 0 Å². The van der Waals surface area contributed by atoms with Gasteiger partial charge < -0.3 is 10.1 Å². The number of rotatable bonds is 10. The summed E-state index contributed by atoms with van der Waals surface area (Å²) in [5, 5.41) is 3.33. The molecule has 0 bridgehead atoms. The van der Waals surface area contributed by atoms with Crippen molar-refractivity contribution in [3.05, 3.63) is 29.8 Å². The zero-order valence-corrected chi connectivity index (χ0v) is 12.2. The number of nitrogens with one attached hydrogen (secondary N) is 1. The van der Waals surface area contributed by atoms with E-state index in [1.165, 1.54) is 0 Å². The number of halogens is 2. The summed E-state index contributed by atoms with van der Waals surface area (Å²) < 4.78 is 30.1. The van der Waals surface area contributed by atoms with Gasteiger partial charge in [-0.2, -0.15) is 0 Å². The highest BCUT2D eigenvalue weighted by Gasteiger charge is 2.08. The van der Waals surface area contributed by atoms with Crippen molar-refractivity contribution < 1.29 is 13.5 Å². The average molecular weight is 286 g/mol. The van der Waals surface area contributed by atoms with Crippen LogP contribution >= 0.6 is 0 Å². The van der Waals surface area contributed by atoms with Gasteiger partial charge in [0.2, 0.25) is 0 Å². The minimum atomic E-state index is -2.30. The quantitative estimate of drug-likeness (QED) is 0.669. The van der Waals surface area contributed by atoms with Gasteiger partial charge in [-0.25, -0.2) is 8.78 Å². The van der Waals surface area contributed by atoms with Gasteiger partial charge in [-0.3, -0.25) is 4.90 Å². The van der Waals surface area contributed by atoms with E-state index in [-0.39, 0.29) is 6.54 Å². The first-order valence-corrected chi connectivity index (χ1v) is 7.01. The van der Waals surface area contributed by atoms with Gasteiger partial charge in [0, 0.05) is 18.7 Å². The Morgan fingerprint density at radius 3 is 2.75 bits per heavy atom. The van der Waals surface area contributed by atoms with Crippen LogP contribution in [-0.4, -0.2) is 44.6 Å². The Bertz CT molecular complexity index is 375. The van der Waals surface area contributed by atoms with E-state index in [9.17, 15) is 8.78 Å². The molecule has 0 aliphatic carbocycles. The predicted octanol–water partition coefficient (Wildman–Crippen LogP) is 2.76. The zero-order valence-electron chi connectivity index (χ0n) is 12.2. The summed E-state index contributed by atoms with van der Waals surface area (Å²) in [7, 11) is 1.67. The van der Waals surface area contributed by atoms with Crippen LogP contribution in [0.4, 0.5) is 8.78 Å². The van der Waals surface area contributed by atoms with Crippen LogP contribution in [0.15, 0.2) is 24.3 Å². The van der Waals surface area contributed by atoms with Crippen LogP contribution in [0.25, 0.3) is 0 Å². The monoisotopic (exact) mass is 286 g/mol. The number of likely N-dealkylation sites (N-methyl/N-ethyl adjacent to an activating group) is 1. The van der Waals surface area contributed by atoms with Gasteiger partial charge in [0.25, 0.3) is 6.43 Å². The molecule has 0 fully saturated rings. The molecule has 0 unspecified atom stereocenters. The van der Waals surface area contributed by atoms with E-state index in [0.29, 0.717) is 13.2 Å². The molecule has 1 aromatic rings. The number of para-hydroxylation sites is 1. The van der Waals surface area contributed by atoms with Gasteiger partial charge in [0.05, 0.1) is 6.54 Å². The smallest absolute Gasteiger partial charge is 0.251 e. The van der Waals surface area contributed by atoms with Crippen molar-refractivity contribution in [1.29, 1.82) is 0 Å². The highest BCUT2D eigenvalue weighted by Crippen LogP contribution is 2.17. The van der Waals surface area contributed by atoms with E-state index in [1.807, 2.05) is 24.3 Å². The van der Waals surface area contributed by atoms with Gasteiger partial charge in [0.1, 0.15) is 12.4 Å². The van der Waals surface area contributed by atoms with Crippen LogP contribution < -0.4 is 10.1 Å². The van der Waals surface area contributed by atoms with Gasteiger partial charge in [0.15, 0.2) is 0 Å². The van der Waals surface area contributed by atoms with Crippen molar-refractivity contribution in [3.63, 3.8) is 0 Å². The summed E-state index contributed by atoms with van der Waals surface area (Å²) in [5.41, 5.74) is 1.09. The van der Waals surface area contributed by atoms with Crippen LogP contribution in [0.3, 0.4) is 0 Å². The molecule has 0 aliphatic rings. The normalized spacial score (nSPS) is 11.3. The molecule has 1 N–H and O–H groups in total. The highest BCUT2D eigenvalue weighted by atomic mass is 19.3. The molecular weight excluding hydrogens is 262 g/mol. The van der Waals surface area contributed by atoms with Crippen LogP contribution in [-0.2, 0) is 6.54 Å². The standard InChI is InChI=1S/C15H24F2N2O/c1-3-8-18-11-13-6-4-5-7-14(13)20-10-9-19(2)12-15(16)17/h4-7,15,18H,3,8-12H2,1-2H3. The molecule has 5 heteroatoms. The third-order valence-corrected chi connectivity index (χ3v) is 2.90. The molecule has 0 saturated heterocycles. The minimum Gasteiger partial charge on any atom is -0.492 e. The molecule has 0 radical (unpaired) electrons. The Labute approximate surface area is 119 Å². The van der Waals surface area contributed by atoms with Crippen molar-refractivity contribution in [3.8, 4) is 5.75 Å². The van der Waals surface area contributed by atoms with Crippen molar-refractivity contribution >= 4 is 0 Å². The van der Waals surface area contributed by atoms with Crippen molar-refractivity contribution in [2.24, 2.45) is 0 Å². The summed E-state index contributed by atoms with van der Waals surface area (Å²) in [5.74, 6) is 0.821. The predicted molar refractivity (Wildman–Crippen MR) is 77.4 cm³/mol. The molecular formula is C15H24F2N2O. The maximum Gasteiger partial charge on any atom is 0.251 e. The Morgan fingerprint density at radius 2 is 2.05 bits per heavy atom. The van der Waals surface area contributed by atoms with Crippen LogP contribution in [0.2, 0.25) is 0 Å². The third kappa shape index (κ3) is 6.82. The number of benzene rings is 1. The molecule has 0 aromatic heterocycles. The number of alkyl halides is 2. The molecule has 0 amide bonds. The zero-order chi connectivity index (χ0) is 14.8. The van der Waals surface area contributed by atoms with Crippen LogP contribution in [0.1, 0.15) is 18.9 Å². The Hall–Kier alpha value is -1.20. The fourth-order valence-corrected chi connectivity index (χ4v) is 1.83. The van der Waals surface area contributed by atoms with E-state index in [0.717, 1.165) is 30.8 Å². The minimum absolute atomic E-state index is 0.219. The van der Waals surface area contributed by atoms with E-state index in [4.69, 9.17) is 4.74 Å². The lowest BCUT2D eigenvalue weighted by atomic mass is 10.2. The van der Waals surface area contributed by atoms with Crippen molar-refractivity contribution in [1.82, 2.24) is 10.2 Å². The van der Waals surface area contributed by atoms with Gasteiger partial charge >= 0.3 is 0 Å². The van der Waals surface area contributed by atoms with Crippen molar-refractivity contribution in [2.45, 2.75) is 26.3 Å². The number of hydrogen-bond donors (Lipinski definition) is 1. The van der Waals surface area contributed by atoms with Gasteiger partial charge in [-0.1, -0.05) is 25.1 Å². The molecule has 0 spiro atoms. The summed E-state index contributed by atoms with van der Waals surface area (Å²) >= 11 is 0. The second-order valence-electron chi connectivity index (χ2n) is 4.79. The lowest BCUT2D eigenvalue weighted by Crippen LogP contribution is -2.29. The van der Waals surface area contributed by atoms with E-state index < -0.39 is 6.43 Å². The van der Waals surface area contributed by atoms with Gasteiger partial charge in [-0.15, -0.1) is 0 Å². The molecule has 0 heterocycles. The molecule has 114 valence electrons. The molecule has 0 atom stereocenters. The summed E-state index contributed by atoms with van der Waals surface area (Å²) in [6.07, 6.45) is -1.22. The largest absolute Gasteiger partial charge is 0.492 e. The van der Waals surface area contributed by atoms with Crippen LogP contribution in [0.5, 0.6) is 5.75 Å². The van der Waals surface area contributed by atoms with E-state index in [2.05, 4.69) is 12.2 Å². The number of ether oxygens (including phenoxy) is 1.